The number of aromatic nitrogens is 2. The summed E-state index contributed by atoms with van der Waals surface area (Å²) in [6.45, 7) is 2.44. The Morgan fingerprint density at radius 2 is 2.16 bits per heavy atom. The number of nitrogens with one attached hydrogen (secondary N) is 1. The number of rotatable bonds is 6. The second kappa shape index (κ2) is 9.60. The van der Waals surface area contributed by atoms with Gasteiger partial charge in [0.1, 0.15) is 11.6 Å². The van der Waals surface area contributed by atoms with Crippen molar-refractivity contribution >= 4 is 23.3 Å². The highest BCUT2D eigenvalue weighted by atomic mass is 35.5. The molecule has 1 aromatic carbocycles. The van der Waals surface area contributed by atoms with E-state index in [1.165, 1.54) is 12.1 Å². The van der Waals surface area contributed by atoms with Gasteiger partial charge in [-0.1, -0.05) is 18.2 Å². The number of ether oxygens (including phenoxy) is 1. The number of fused-ring (bicyclic) bond motifs is 1. The molecule has 1 saturated heterocycles. The summed E-state index contributed by atoms with van der Waals surface area (Å²) in [5.41, 5.74) is 0.721. The number of carbonyl (C=O) groups is 1. The third kappa shape index (κ3) is 4.82. The molecule has 3 heterocycles. The predicted octanol–water partition coefficient (Wildman–Crippen LogP) is 3.38. The Morgan fingerprint density at radius 3 is 2.91 bits per heavy atom. The van der Waals surface area contributed by atoms with Crippen LogP contribution in [-0.2, 0) is 29.2 Å². The van der Waals surface area contributed by atoms with Gasteiger partial charge in [-0.2, -0.15) is 0 Å². The SMILES string of the molecule is CN1CCOCC1CC(=O)N1Cc2nc(Cl)nc(NCc3cccc(C(F)F)c3F)c2C1. The van der Waals surface area contributed by atoms with Gasteiger partial charge in [0, 0.05) is 36.7 Å². The Bertz CT molecular complexity index is 1010. The molecule has 1 N–H and O–H groups in total. The van der Waals surface area contributed by atoms with E-state index in [2.05, 4.69) is 20.2 Å². The number of likely N-dealkylation sites (N-methyl/N-ethyl adjacent to an activating group) is 1. The van der Waals surface area contributed by atoms with E-state index in [0.717, 1.165) is 12.6 Å². The molecule has 2 aromatic rings. The molecule has 1 amide bonds. The monoisotopic (exact) mass is 469 g/mol. The van der Waals surface area contributed by atoms with Crippen molar-refractivity contribution in [1.82, 2.24) is 19.8 Å². The summed E-state index contributed by atoms with van der Waals surface area (Å²) in [5.74, 6) is -0.638. The maximum atomic E-state index is 14.4. The zero-order valence-electron chi connectivity index (χ0n) is 17.5. The molecule has 1 unspecified atom stereocenters. The molecule has 0 spiro atoms. The molecule has 11 heteroatoms. The van der Waals surface area contributed by atoms with Gasteiger partial charge in [-0.3, -0.25) is 9.69 Å². The quantitative estimate of drug-likeness (QED) is 0.654. The normalized spacial score (nSPS) is 18.8. The van der Waals surface area contributed by atoms with Crippen LogP contribution in [0.25, 0.3) is 0 Å². The fraction of sp³-hybridized carbons (Fsp3) is 0.476. The van der Waals surface area contributed by atoms with E-state index in [1.54, 1.807) is 4.90 Å². The number of nitrogens with zero attached hydrogens (tertiary/aromatic N) is 4. The Labute approximate surface area is 188 Å². The van der Waals surface area contributed by atoms with E-state index in [9.17, 15) is 18.0 Å². The fourth-order valence-corrected chi connectivity index (χ4v) is 4.10. The van der Waals surface area contributed by atoms with Crippen LogP contribution < -0.4 is 5.32 Å². The maximum absolute atomic E-state index is 14.4. The van der Waals surface area contributed by atoms with Gasteiger partial charge in [0.25, 0.3) is 6.43 Å². The zero-order chi connectivity index (χ0) is 22.8. The lowest BCUT2D eigenvalue weighted by molar-refractivity contribution is -0.134. The highest BCUT2D eigenvalue weighted by molar-refractivity contribution is 6.28. The van der Waals surface area contributed by atoms with Crippen molar-refractivity contribution in [3.63, 3.8) is 0 Å². The average Bonchev–Trinajstić information content (AvgIpc) is 3.18. The zero-order valence-corrected chi connectivity index (χ0v) is 18.2. The van der Waals surface area contributed by atoms with Gasteiger partial charge in [0.15, 0.2) is 0 Å². The Hall–Kier alpha value is -2.43. The topological polar surface area (TPSA) is 70.6 Å². The van der Waals surface area contributed by atoms with Gasteiger partial charge in [-0.15, -0.1) is 0 Å². The number of hydrogen-bond donors (Lipinski definition) is 1. The summed E-state index contributed by atoms with van der Waals surface area (Å²) in [6.07, 6.45) is -2.58. The highest BCUT2D eigenvalue weighted by Gasteiger charge is 2.31. The van der Waals surface area contributed by atoms with Crippen molar-refractivity contribution in [1.29, 1.82) is 0 Å². The predicted molar refractivity (Wildman–Crippen MR) is 112 cm³/mol. The molecule has 0 radical (unpaired) electrons. The number of morpholine rings is 1. The van der Waals surface area contributed by atoms with E-state index in [-0.39, 0.29) is 42.4 Å². The summed E-state index contributed by atoms with van der Waals surface area (Å²) < 4.78 is 45.8. The lowest BCUT2D eigenvalue weighted by Crippen LogP contribution is -2.45. The van der Waals surface area contributed by atoms with Gasteiger partial charge >= 0.3 is 0 Å². The third-order valence-electron chi connectivity index (χ3n) is 5.83. The van der Waals surface area contributed by atoms with Gasteiger partial charge in [-0.25, -0.2) is 23.1 Å². The van der Waals surface area contributed by atoms with Crippen LogP contribution in [0.4, 0.5) is 19.0 Å². The first-order valence-corrected chi connectivity index (χ1v) is 10.6. The molecule has 1 atom stereocenters. The van der Waals surface area contributed by atoms with E-state index < -0.39 is 17.8 Å². The van der Waals surface area contributed by atoms with E-state index >= 15 is 0 Å². The van der Waals surface area contributed by atoms with Crippen LogP contribution in [0.1, 0.15) is 35.2 Å². The van der Waals surface area contributed by atoms with Crippen molar-refractivity contribution in [3.8, 4) is 0 Å². The molecular weight excluding hydrogens is 447 g/mol. The van der Waals surface area contributed by atoms with Crippen LogP contribution in [0.15, 0.2) is 18.2 Å². The number of amides is 1. The van der Waals surface area contributed by atoms with Gasteiger partial charge in [0.2, 0.25) is 11.2 Å². The number of benzene rings is 1. The standard InChI is InChI=1S/C21H23ClF3N5O2/c1-29-5-6-32-11-13(29)7-17(31)30-9-15-16(10-30)27-21(22)28-20(15)26-8-12-3-2-4-14(18(12)23)19(24)25/h2-4,13,19H,5-11H2,1H3,(H,26,27,28). The summed E-state index contributed by atoms with van der Waals surface area (Å²) in [5, 5.41) is 2.96. The molecule has 0 saturated carbocycles. The molecule has 2 aliphatic heterocycles. The van der Waals surface area contributed by atoms with Gasteiger partial charge < -0.3 is 15.0 Å². The van der Waals surface area contributed by atoms with Crippen molar-refractivity contribution < 1.29 is 22.7 Å². The summed E-state index contributed by atoms with van der Waals surface area (Å²) in [4.78, 5) is 25.1. The fourth-order valence-electron chi connectivity index (χ4n) is 3.91. The van der Waals surface area contributed by atoms with Crippen LogP contribution in [0.5, 0.6) is 0 Å². The molecule has 0 aliphatic carbocycles. The van der Waals surface area contributed by atoms with E-state index in [0.29, 0.717) is 36.7 Å². The molecule has 4 rings (SSSR count). The first-order chi connectivity index (χ1) is 15.3. The lowest BCUT2D eigenvalue weighted by atomic mass is 10.1. The Kier molecular flexibility index (Phi) is 6.82. The van der Waals surface area contributed by atoms with Crippen molar-refractivity contribution in [2.24, 2.45) is 0 Å². The first-order valence-electron chi connectivity index (χ1n) is 10.2. The molecule has 172 valence electrons. The van der Waals surface area contributed by atoms with Crippen LogP contribution in [0.2, 0.25) is 5.28 Å². The Balaban J connectivity index is 1.46. The lowest BCUT2D eigenvalue weighted by Gasteiger charge is -2.32. The van der Waals surface area contributed by atoms with Crippen molar-refractivity contribution in [2.45, 2.75) is 38.5 Å². The molecule has 7 nitrogen and oxygen atoms in total. The Morgan fingerprint density at radius 1 is 1.34 bits per heavy atom. The molecule has 2 aliphatic rings. The summed E-state index contributed by atoms with van der Waals surface area (Å²) in [6, 6.07) is 3.87. The van der Waals surface area contributed by atoms with Crippen LogP contribution in [0.3, 0.4) is 0 Å². The number of halogens is 4. The molecule has 32 heavy (non-hydrogen) atoms. The average molecular weight is 470 g/mol. The molecule has 1 fully saturated rings. The second-order valence-corrected chi connectivity index (χ2v) is 8.24. The molecule has 1 aromatic heterocycles. The van der Waals surface area contributed by atoms with Gasteiger partial charge in [-0.05, 0) is 18.6 Å². The van der Waals surface area contributed by atoms with Crippen LogP contribution >= 0.6 is 11.6 Å². The third-order valence-corrected chi connectivity index (χ3v) is 6.00. The summed E-state index contributed by atoms with van der Waals surface area (Å²) in [7, 11) is 1.97. The summed E-state index contributed by atoms with van der Waals surface area (Å²) >= 11 is 6.05. The smallest absolute Gasteiger partial charge is 0.266 e. The molecular formula is C21H23ClF3N5O2. The highest BCUT2D eigenvalue weighted by Crippen LogP contribution is 2.30. The van der Waals surface area contributed by atoms with Crippen LogP contribution in [-0.4, -0.2) is 58.5 Å². The van der Waals surface area contributed by atoms with Gasteiger partial charge in [0.05, 0.1) is 37.6 Å². The largest absolute Gasteiger partial charge is 0.378 e. The van der Waals surface area contributed by atoms with Crippen molar-refractivity contribution in [3.05, 3.63) is 51.7 Å². The number of anilines is 1. The number of hydrogen-bond acceptors (Lipinski definition) is 6. The minimum Gasteiger partial charge on any atom is -0.378 e. The number of carbonyl (C=O) groups excluding carboxylic acids is 1. The van der Waals surface area contributed by atoms with E-state index in [4.69, 9.17) is 16.3 Å². The second-order valence-electron chi connectivity index (χ2n) is 7.90. The first kappa shape index (κ1) is 22.8. The van der Waals surface area contributed by atoms with E-state index in [1.807, 2.05) is 7.05 Å². The maximum Gasteiger partial charge on any atom is 0.266 e. The minimum absolute atomic E-state index is 0.0113. The number of alkyl halides is 2. The minimum atomic E-state index is -2.90. The van der Waals surface area contributed by atoms with Crippen molar-refractivity contribution in [2.75, 3.05) is 32.1 Å². The van der Waals surface area contributed by atoms with Crippen LogP contribution in [0, 0.1) is 5.82 Å². The molecule has 0 bridgehead atoms.